The van der Waals surface area contributed by atoms with Crippen LogP contribution in [-0.2, 0) is 0 Å². The Morgan fingerprint density at radius 2 is 1.90 bits per heavy atom. The van der Waals surface area contributed by atoms with Gasteiger partial charge in [0.05, 0.1) is 11.3 Å². The summed E-state index contributed by atoms with van der Waals surface area (Å²) < 4.78 is 0.913. The largest absolute Gasteiger partial charge is 0.377 e. The number of hydrogen-bond donors (Lipinski definition) is 1. The first-order chi connectivity index (χ1) is 9.63. The van der Waals surface area contributed by atoms with E-state index in [1.54, 1.807) is 11.8 Å². The van der Waals surface area contributed by atoms with Crippen molar-refractivity contribution in [2.45, 2.75) is 17.9 Å². The highest BCUT2D eigenvalue weighted by molar-refractivity contribution is 9.10. The minimum atomic E-state index is 0.152. The fraction of sp³-hybridized carbons (Fsp3) is 0.188. The van der Waals surface area contributed by atoms with E-state index in [0.717, 1.165) is 10.2 Å². The molecule has 0 aromatic heterocycles. The Morgan fingerprint density at radius 1 is 1.20 bits per heavy atom. The molecule has 0 saturated carbocycles. The molecule has 0 fully saturated rings. The Morgan fingerprint density at radius 3 is 2.50 bits per heavy atom. The fourth-order valence-corrected chi connectivity index (χ4v) is 2.71. The minimum Gasteiger partial charge on any atom is -0.377 e. The maximum atomic E-state index is 9.18. The summed E-state index contributed by atoms with van der Waals surface area (Å²) in [6.45, 7) is 2.09. The van der Waals surface area contributed by atoms with E-state index in [-0.39, 0.29) is 6.04 Å². The third-order valence-electron chi connectivity index (χ3n) is 3.09. The monoisotopic (exact) mass is 346 g/mol. The van der Waals surface area contributed by atoms with Gasteiger partial charge < -0.3 is 5.32 Å². The van der Waals surface area contributed by atoms with E-state index in [1.165, 1.54) is 10.5 Å². The van der Waals surface area contributed by atoms with E-state index in [1.807, 2.05) is 18.2 Å². The zero-order valence-electron chi connectivity index (χ0n) is 11.4. The molecule has 0 radical (unpaired) electrons. The fourth-order valence-electron chi connectivity index (χ4n) is 1.94. The highest BCUT2D eigenvalue weighted by Gasteiger charge is 2.08. The van der Waals surface area contributed by atoms with Crippen LogP contribution in [0.1, 0.15) is 24.1 Å². The third-order valence-corrected chi connectivity index (χ3v) is 4.33. The van der Waals surface area contributed by atoms with E-state index < -0.39 is 0 Å². The Labute approximate surface area is 132 Å². The summed E-state index contributed by atoms with van der Waals surface area (Å²) in [4.78, 5) is 1.25. The van der Waals surface area contributed by atoms with Crippen LogP contribution in [0.4, 0.5) is 5.69 Å². The van der Waals surface area contributed by atoms with E-state index in [2.05, 4.69) is 64.8 Å². The Hall–Kier alpha value is -1.44. The summed E-state index contributed by atoms with van der Waals surface area (Å²) >= 11 is 5.12. The molecule has 0 spiro atoms. The summed E-state index contributed by atoms with van der Waals surface area (Å²) in [7, 11) is 0. The second-order valence-electron chi connectivity index (χ2n) is 4.44. The number of nitrogens with zero attached hydrogens (tertiary/aromatic N) is 1. The molecule has 1 unspecified atom stereocenters. The Balaban J connectivity index is 2.18. The molecule has 0 amide bonds. The van der Waals surface area contributed by atoms with E-state index in [9.17, 15) is 5.26 Å². The van der Waals surface area contributed by atoms with Crippen LogP contribution >= 0.6 is 27.7 Å². The van der Waals surface area contributed by atoms with E-state index >= 15 is 0 Å². The quantitative estimate of drug-likeness (QED) is 0.771. The van der Waals surface area contributed by atoms with Crippen LogP contribution in [0.2, 0.25) is 0 Å². The van der Waals surface area contributed by atoms with Gasteiger partial charge in [-0.15, -0.1) is 11.8 Å². The van der Waals surface area contributed by atoms with Crippen LogP contribution in [0.15, 0.2) is 51.8 Å². The van der Waals surface area contributed by atoms with E-state index in [4.69, 9.17) is 0 Å². The molecule has 1 atom stereocenters. The molecule has 0 saturated heterocycles. The van der Waals surface area contributed by atoms with Crippen LogP contribution < -0.4 is 5.32 Å². The first-order valence-electron chi connectivity index (χ1n) is 6.24. The number of thioether (sulfide) groups is 1. The molecule has 0 heterocycles. The molecule has 2 nitrogen and oxygen atoms in total. The maximum absolute atomic E-state index is 9.18. The van der Waals surface area contributed by atoms with Gasteiger partial charge in [0.1, 0.15) is 6.07 Å². The molecule has 2 aromatic rings. The second-order valence-corrected chi connectivity index (χ2v) is 6.24. The lowest BCUT2D eigenvalue weighted by molar-refractivity contribution is 0.882. The minimum absolute atomic E-state index is 0.152. The molecule has 0 aliphatic rings. The van der Waals surface area contributed by atoms with Crippen molar-refractivity contribution in [3.63, 3.8) is 0 Å². The first-order valence-corrected chi connectivity index (χ1v) is 8.26. The molecule has 20 heavy (non-hydrogen) atoms. The number of nitriles is 1. The molecule has 1 N–H and O–H groups in total. The average Bonchev–Trinajstić information content (AvgIpc) is 2.49. The lowest BCUT2D eigenvalue weighted by atomic mass is 10.1. The van der Waals surface area contributed by atoms with Crippen molar-refractivity contribution in [2.75, 3.05) is 11.6 Å². The van der Waals surface area contributed by atoms with Gasteiger partial charge in [-0.25, -0.2) is 0 Å². The number of rotatable bonds is 4. The normalized spacial score (nSPS) is 11.7. The Kier molecular flexibility index (Phi) is 5.11. The van der Waals surface area contributed by atoms with Gasteiger partial charge in [0, 0.05) is 15.4 Å². The summed E-state index contributed by atoms with van der Waals surface area (Å²) in [5.74, 6) is 0. The van der Waals surface area contributed by atoms with Gasteiger partial charge in [-0.1, -0.05) is 28.1 Å². The standard InChI is InChI=1S/C16H15BrN2S/c1-11(12-3-6-15(20-2)7-4-12)19-16-8-5-14(17)9-13(16)10-18/h3-9,11,19H,1-2H3. The molecule has 0 aliphatic carbocycles. The van der Waals surface area contributed by atoms with Crippen molar-refractivity contribution < 1.29 is 0 Å². The maximum Gasteiger partial charge on any atom is 0.101 e. The predicted octanol–water partition coefficient (Wildman–Crippen LogP) is 5.22. The number of nitrogens with one attached hydrogen (secondary N) is 1. The molecule has 2 aromatic carbocycles. The number of hydrogen-bond acceptors (Lipinski definition) is 3. The van der Waals surface area contributed by atoms with Gasteiger partial charge in [-0.3, -0.25) is 0 Å². The van der Waals surface area contributed by atoms with Crippen molar-refractivity contribution in [3.05, 3.63) is 58.1 Å². The van der Waals surface area contributed by atoms with Gasteiger partial charge in [0.15, 0.2) is 0 Å². The Bertz CT molecular complexity index is 632. The summed E-state index contributed by atoms with van der Waals surface area (Å²) in [6, 6.07) is 16.5. The van der Waals surface area contributed by atoms with E-state index in [0.29, 0.717) is 5.56 Å². The third kappa shape index (κ3) is 3.56. The summed E-state index contributed by atoms with van der Waals surface area (Å²) in [5, 5.41) is 12.6. The van der Waals surface area contributed by atoms with Gasteiger partial charge in [-0.2, -0.15) is 5.26 Å². The van der Waals surface area contributed by atoms with Crippen molar-refractivity contribution in [2.24, 2.45) is 0 Å². The molecule has 4 heteroatoms. The van der Waals surface area contributed by atoms with Crippen molar-refractivity contribution >= 4 is 33.4 Å². The zero-order valence-corrected chi connectivity index (χ0v) is 13.8. The molecule has 102 valence electrons. The van der Waals surface area contributed by atoms with Gasteiger partial charge in [0.2, 0.25) is 0 Å². The van der Waals surface area contributed by atoms with Crippen LogP contribution in [0.5, 0.6) is 0 Å². The first kappa shape index (κ1) is 15.0. The number of benzene rings is 2. The lowest BCUT2D eigenvalue weighted by Crippen LogP contribution is -2.07. The number of anilines is 1. The van der Waals surface area contributed by atoms with Crippen LogP contribution in [0.25, 0.3) is 0 Å². The van der Waals surface area contributed by atoms with Gasteiger partial charge in [0.25, 0.3) is 0 Å². The molecule has 0 aliphatic heterocycles. The highest BCUT2D eigenvalue weighted by atomic mass is 79.9. The molecular weight excluding hydrogens is 332 g/mol. The molecular formula is C16H15BrN2S. The smallest absolute Gasteiger partial charge is 0.101 e. The highest BCUT2D eigenvalue weighted by Crippen LogP contribution is 2.26. The lowest BCUT2D eigenvalue weighted by Gasteiger charge is -2.17. The number of halogens is 1. The van der Waals surface area contributed by atoms with Crippen molar-refractivity contribution in [1.29, 1.82) is 5.26 Å². The molecule has 0 bridgehead atoms. The topological polar surface area (TPSA) is 35.8 Å². The summed E-state index contributed by atoms with van der Waals surface area (Å²) in [5.41, 5.74) is 2.71. The van der Waals surface area contributed by atoms with Gasteiger partial charge in [-0.05, 0) is 49.1 Å². The van der Waals surface area contributed by atoms with Gasteiger partial charge >= 0.3 is 0 Å². The second kappa shape index (κ2) is 6.83. The van der Waals surface area contributed by atoms with Crippen molar-refractivity contribution in [3.8, 4) is 6.07 Å². The molecule has 2 rings (SSSR count). The predicted molar refractivity (Wildman–Crippen MR) is 89.1 cm³/mol. The summed E-state index contributed by atoms with van der Waals surface area (Å²) in [6.07, 6.45) is 2.07. The van der Waals surface area contributed by atoms with Crippen LogP contribution in [0.3, 0.4) is 0 Å². The van der Waals surface area contributed by atoms with Crippen LogP contribution in [0, 0.1) is 11.3 Å². The van der Waals surface area contributed by atoms with Crippen molar-refractivity contribution in [1.82, 2.24) is 0 Å². The zero-order chi connectivity index (χ0) is 14.5. The van der Waals surface area contributed by atoms with Crippen LogP contribution in [-0.4, -0.2) is 6.26 Å². The SMILES string of the molecule is CSc1ccc(C(C)Nc2ccc(Br)cc2C#N)cc1. The average molecular weight is 347 g/mol.